The number of imidazole rings is 1. The van der Waals surface area contributed by atoms with Crippen LogP contribution in [0, 0.1) is 0 Å². The van der Waals surface area contributed by atoms with Gasteiger partial charge in [0.25, 0.3) is 0 Å². The van der Waals surface area contributed by atoms with E-state index in [2.05, 4.69) is 172 Å². The second-order valence-corrected chi connectivity index (χ2v) is 13.9. The van der Waals surface area contributed by atoms with Gasteiger partial charge in [0.1, 0.15) is 11.5 Å². The molecule has 0 atom stereocenters. The van der Waals surface area contributed by atoms with Crippen LogP contribution in [0.2, 0.25) is 0 Å². The molecule has 0 unspecified atom stereocenters. The topological polar surface area (TPSA) is 26.6 Å². The second kappa shape index (κ2) is 10.2. The standard InChI is InChI=1S/C40H41N4/c1-27(2)42-26-43(36-18-11-10-17-35(36)42)31-14-12-13-29(23-31)40(6,7)30-19-20-33-32-15-8-9-16-34(32)44(37(33)24-30)38-25-28(21-22-41-38)39(3,4)5/h8-27H,1-7H3/q+1. The van der Waals surface area contributed by atoms with Crippen LogP contribution in [0.3, 0.4) is 0 Å². The highest BCUT2D eigenvalue weighted by Crippen LogP contribution is 2.38. The fourth-order valence-corrected chi connectivity index (χ4v) is 6.58. The average molecular weight is 578 g/mol. The van der Waals surface area contributed by atoms with E-state index in [-0.39, 0.29) is 10.8 Å². The lowest BCUT2D eigenvalue weighted by Crippen LogP contribution is -2.34. The minimum absolute atomic E-state index is 0.0358. The van der Waals surface area contributed by atoms with E-state index in [0.717, 1.165) is 5.82 Å². The van der Waals surface area contributed by atoms with Crippen molar-refractivity contribution in [3.63, 3.8) is 0 Å². The fraction of sp³-hybridized carbons (Fsp3) is 0.250. The van der Waals surface area contributed by atoms with Gasteiger partial charge in [-0.15, -0.1) is 0 Å². The quantitative estimate of drug-likeness (QED) is 0.187. The first-order valence-electron chi connectivity index (χ1n) is 15.7. The summed E-state index contributed by atoms with van der Waals surface area (Å²) in [5.41, 5.74) is 9.62. The Labute approximate surface area is 260 Å². The van der Waals surface area contributed by atoms with Crippen LogP contribution in [0.25, 0.3) is 44.3 Å². The molecule has 4 aromatic carbocycles. The van der Waals surface area contributed by atoms with E-state index in [1.807, 2.05) is 6.20 Å². The number of para-hydroxylation sites is 3. The Morgan fingerprint density at radius 2 is 1.34 bits per heavy atom. The van der Waals surface area contributed by atoms with Crippen molar-refractivity contribution in [2.45, 2.75) is 65.3 Å². The van der Waals surface area contributed by atoms with E-state index in [9.17, 15) is 0 Å². The van der Waals surface area contributed by atoms with Crippen LogP contribution in [0.4, 0.5) is 0 Å². The number of hydrogen-bond acceptors (Lipinski definition) is 1. The van der Waals surface area contributed by atoms with Gasteiger partial charge in [-0.05, 0) is 84.5 Å². The van der Waals surface area contributed by atoms with E-state index in [1.54, 1.807) is 0 Å². The van der Waals surface area contributed by atoms with Gasteiger partial charge >= 0.3 is 0 Å². The van der Waals surface area contributed by atoms with Crippen LogP contribution < -0.4 is 4.57 Å². The molecule has 3 heterocycles. The minimum atomic E-state index is -0.233. The molecule has 0 radical (unpaired) electrons. The molecule has 0 aliphatic heterocycles. The van der Waals surface area contributed by atoms with Gasteiger partial charge < -0.3 is 0 Å². The lowest BCUT2D eigenvalue weighted by Gasteiger charge is -2.27. The number of fused-ring (bicyclic) bond motifs is 4. The fourth-order valence-electron chi connectivity index (χ4n) is 6.58. The van der Waals surface area contributed by atoms with E-state index >= 15 is 0 Å². The normalized spacial score (nSPS) is 12.6. The van der Waals surface area contributed by atoms with E-state index in [1.165, 1.54) is 55.2 Å². The summed E-state index contributed by atoms with van der Waals surface area (Å²) >= 11 is 0. The van der Waals surface area contributed by atoms with Crippen molar-refractivity contribution in [3.8, 4) is 11.5 Å². The lowest BCUT2D eigenvalue weighted by atomic mass is 9.77. The molecule has 0 aliphatic carbocycles. The van der Waals surface area contributed by atoms with Gasteiger partial charge in [0.2, 0.25) is 6.33 Å². The monoisotopic (exact) mass is 577 g/mol. The van der Waals surface area contributed by atoms with Crippen LogP contribution in [-0.4, -0.2) is 14.1 Å². The maximum Gasteiger partial charge on any atom is 0.250 e. The van der Waals surface area contributed by atoms with Crippen molar-refractivity contribution in [3.05, 3.63) is 132 Å². The Balaban J connectivity index is 1.39. The molecule has 0 spiro atoms. The molecule has 7 rings (SSSR count). The predicted octanol–water partition coefficient (Wildman–Crippen LogP) is 9.61. The van der Waals surface area contributed by atoms with Crippen LogP contribution in [-0.2, 0) is 10.8 Å². The lowest BCUT2D eigenvalue weighted by molar-refractivity contribution is -0.691. The van der Waals surface area contributed by atoms with Gasteiger partial charge in [0.05, 0.1) is 17.1 Å². The van der Waals surface area contributed by atoms with Gasteiger partial charge in [-0.2, -0.15) is 4.57 Å². The molecule has 0 amide bonds. The summed E-state index contributed by atoms with van der Waals surface area (Å²) < 4.78 is 7.01. The van der Waals surface area contributed by atoms with Crippen LogP contribution in [0.15, 0.2) is 116 Å². The smallest absolute Gasteiger partial charge is 0.250 e. The number of aromatic nitrogens is 4. The number of rotatable bonds is 5. The summed E-state index contributed by atoms with van der Waals surface area (Å²) in [5.74, 6) is 0.957. The summed E-state index contributed by atoms with van der Waals surface area (Å²) in [5, 5.41) is 2.49. The maximum atomic E-state index is 4.89. The van der Waals surface area contributed by atoms with Crippen molar-refractivity contribution < 1.29 is 4.57 Å². The molecule has 0 saturated carbocycles. The first-order valence-corrected chi connectivity index (χ1v) is 15.7. The number of nitrogens with zero attached hydrogens (tertiary/aromatic N) is 4. The van der Waals surface area contributed by atoms with Gasteiger partial charge in [-0.1, -0.05) is 89.2 Å². The largest absolute Gasteiger partial charge is 0.294 e. The predicted molar refractivity (Wildman–Crippen MR) is 183 cm³/mol. The third-order valence-corrected chi connectivity index (χ3v) is 9.30. The second-order valence-electron chi connectivity index (χ2n) is 13.9. The summed E-state index contributed by atoms with van der Waals surface area (Å²) in [6.45, 7) is 15.9. The molecule has 4 nitrogen and oxygen atoms in total. The minimum Gasteiger partial charge on any atom is -0.294 e. The molecule has 3 aromatic heterocycles. The number of pyridine rings is 1. The van der Waals surface area contributed by atoms with Crippen LogP contribution >= 0.6 is 0 Å². The molecule has 7 aromatic rings. The van der Waals surface area contributed by atoms with E-state index in [4.69, 9.17) is 4.98 Å². The molecule has 0 saturated heterocycles. The Morgan fingerprint density at radius 1 is 0.636 bits per heavy atom. The molecule has 44 heavy (non-hydrogen) atoms. The Morgan fingerprint density at radius 3 is 2.11 bits per heavy atom. The molecular formula is C40H41N4+. The Hall–Kier alpha value is -4.70. The maximum absolute atomic E-state index is 4.89. The van der Waals surface area contributed by atoms with Crippen LogP contribution in [0.5, 0.6) is 0 Å². The van der Waals surface area contributed by atoms with Gasteiger partial charge in [0.15, 0.2) is 11.0 Å². The third kappa shape index (κ3) is 4.52. The Bertz CT molecular complexity index is 2170. The highest BCUT2D eigenvalue weighted by Gasteiger charge is 2.27. The van der Waals surface area contributed by atoms with Crippen molar-refractivity contribution in [2.75, 3.05) is 0 Å². The first kappa shape index (κ1) is 28.1. The van der Waals surface area contributed by atoms with Crippen molar-refractivity contribution in [2.24, 2.45) is 0 Å². The summed E-state index contributed by atoms with van der Waals surface area (Å²) in [7, 11) is 0. The Kier molecular flexibility index (Phi) is 6.51. The molecule has 220 valence electrons. The number of hydrogen-bond donors (Lipinski definition) is 0. The zero-order valence-electron chi connectivity index (χ0n) is 26.8. The van der Waals surface area contributed by atoms with E-state index < -0.39 is 0 Å². The molecule has 0 fully saturated rings. The van der Waals surface area contributed by atoms with Gasteiger partial charge in [-0.25, -0.2) is 9.55 Å². The highest BCUT2D eigenvalue weighted by atomic mass is 15.1. The summed E-state index contributed by atoms with van der Waals surface area (Å²) in [4.78, 5) is 4.89. The van der Waals surface area contributed by atoms with Crippen molar-refractivity contribution in [1.29, 1.82) is 0 Å². The third-order valence-electron chi connectivity index (χ3n) is 9.30. The van der Waals surface area contributed by atoms with Crippen molar-refractivity contribution in [1.82, 2.24) is 14.1 Å². The molecule has 0 bridgehead atoms. The first-order chi connectivity index (χ1) is 21.0. The van der Waals surface area contributed by atoms with Crippen molar-refractivity contribution >= 4 is 32.8 Å². The molecular weight excluding hydrogens is 536 g/mol. The molecule has 0 aliphatic rings. The summed E-state index contributed by atoms with van der Waals surface area (Å²) in [6.07, 6.45) is 4.19. The highest BCUT2D eigenvalue weighted by molar-refractivity contribution is 6.09. The van der Waals surface area contributed by atoms with Gasteiger partial charge in [-0.3, -0.25) is 4.57 Å². The molecule has 4 heteroatoms. The van der Waals surface area contributed by atoms with Gasteiger partial charge in [0, 0.05) is 22.4 Å². The number of benzene rings is 4. The molecule has 0 N–H and O–H groups in total. The zero-order valence-corrected chi connectivity index (χ0v) is 26.8. The van der Waals surface area contributed by atoms with Crippen LogP contribution in [0.1, 0.15) is 71.2 Å². The summed E-state index contributed by atoms with van der Waals surface area (Å²) in [6, 6.07) is 38.1. The zero-order chi connectivity index (χ0) is 30.8. The van der Waals surface area contributed by atoms with E-state index in [0.29, 0.717) is 6.04 Å². The SMILES string of the molecule is CC(C)[n+]1cn(-c2cccc(C(C)(C)c3ccc4c5ccccc5n(-c5cc(C(C)(C)C)ccn5)c4c3)c2)c2ccccc21. The average Bonchev–Trinajstić information content (AvgIpc) is 3.57.